The van der Waals surface area contributed by atoms with Gasteiger partial charge in [-0.05, 0) is 59.4 Å². The van der Waals surface area contributed by atoms with Crippen molar-refractivity contribution >= 4 is 44.1 Å². The van der Waals surface area contributed by atoms with Gasteiger partial charge in [0.1, 0.15) is 19.0 Å². The number of aryl methyl sites for hydroxylation is 1. The standard InChI is InChI=1S/C31H28N2O5S/c1-17-5-11-21-24(15-17)39-30(32-21)33-26(18-6-9-20(10-7-18)31(2,3)4)25(28(35)29(33)36)27(34)19-8-12-22-23(16-19)38-14-13-37-22/h5-12,15-16,26,34H,13-14H2,1-4H3. The van der Waals surface area contributed by atoms with Crippen molar-refractivity contribution in [1.29, 1.82) is 0 Å². The molecule has 0 bridgehead atoms. The van der Waals surface area contributed by atoms with E-state index in [1.807, 2.05) is 49.4 Å². The van der Waals surface area contributed by atoms with Crippen molar-refractivity contribution in [3.63, 3.8) is 0 Å². The van der Waals surface area contributed by atoms with E-state index in [9.17, 15) is 14.7 Å². The number of anilines is 1. The van der Waals surface area contributed by atoms with Crippen molar-refractivity contribution in [3.05, 3.63) is 88.5 Å². The van der Waals surface area contributed by atoms with Gasteiger partial charge in [-0.2, -0.15) is 0 Å². The summed E-state index contributed by atoms with van der Waals surface area (Å²) in [4.78, 5) is 33.3. The number of rotatable bonds is 3. The molecule has 198 valence electrons. The number of ketones is 1. The summed E-state index contributed by atoms with van der Waals surface area (Å²) in [5.41, 5.74) is 3.95. The molecule has 0 aliphatic carbocycles. The number of thiazole rings is 1. The highest BCUT2D eigenvalue weighted by Gasteiger charge is 2.48. The number of carbonyl (C=O) groups is 2. The molecule has 2 aliphatic rings. The molecule has 1 unspecified atom stereocenters. The number of hydrogen-bond acceptors (Lipinski definition) is 7. The Morgan fingerprint density at radius 3 is 2.41 bits per heavy atom. The molecule has 2 aliphatic heterocycles. The molecule has 1 aromatic heterocycles. The summed E-state index contributed by atoms with van der Waals surface area (Å²) in [7, 11) is 0. The van der Waals surface area contributed by atoms with Crippen LogP contribution in [0.2, 0.25) is 0 Å². The minimum atomic E-state index is -0.853. The van der Waals surface area contributed by atoms with Gasteiger partial charge in [-0.25, -0.2) is 4.98 Å². The first-order valence-electron chi connectivity index (χ1n) is 12.8. The third-order valence-corrected chi connectivity index (χ3v) is 8.11. The second kappa shape index (κ2) is 9.24. The number of Topliss-reactive ketones (excluding diaryl/α,β-unsaturated/α-hetero) is 1. The van der Waals surface area contributed by atoms with E-state index >= 15 is 0 Å². The number of hydrogen-bond donors (Lipinski definition) is 1. The molecule has 1 saturated heterocycles. The van der Waals surface area contributed by atoms with Crippen LogP contribution in [-0.4, -0.2) is 35.0 Å². The summed E-state index contributed by atoms with van der Waals surface area (Å²) >= 11 is 1.35. The van der Waals surface area contributed by atoms with Gasteiger partial charge in [0.05, 0.1) is 21.8 Å². The van der Waals surface area contributed by atoms with Crippen LogP contribution in [0.4, 0.5) is 5.13 Å². The first kappa shape index (κ1) is 25.1. The average Bonchev–Trinajstić information content (AvgIpc) is 3.45. The number of carbonyl (C=O) groups excluding carboxylic acids is 2. The molecule has 8 heteroatoms. The summed E-state index contributed by atoms with van der Waals surface area (Å²) in [6.45, 7) is 9.20. The minimum absolute atomic E-state index is 0.00984. The number of aliphatic hydroxyl groups is 1. The van der Waals surface area contributed by atoms with Crippen LogP contribution in [0.15, 0.2) is 66.2 Å². The first-order valence-corrected chi connectivity index (χ1v) is 13.6. The van der Waals surface area contributed by atoms with E-state index in [-0.39, 0.29) is 16.7 Å². The van der Waals surface area contributed by atoms with E-state index in [1.54, 1.807) is 18.2 Å². The van der Waals surface area contributed by atoms with Crippen LogP contribution in [0.1, 0.15) is 49.1 Å². The van der Waals surface area contributed by atoms with Crippen molar-refractivity contribution in [2.24, 2.45) is 0 Å². The summed E-state index contributed by atoms with van der Waals surface area (Å²) < 4.78 is 12.2. The van der Waals surface area contributed by atoms with E-state index in [2.05, 4.69) is 20.8 Å². The van der Waals surface area contributed by atoms with Gasteiger partial charge >= 0.3 is 5.91 Å². The molecule has 0 saturated carbocycles. The highest BCUT2D eigenvalue weighted by molar-refractivity contribution is 7.22. The second-order valence-corrected chi connectivity index (χ2v) is 11.9. The van der Waals surface area contributed by atoms with Crippen LogP contribution in [0, 0.1) is 6.92 Å². The molecule has 1 amide bonds. The fourth-order valence-electron chi connectivity index (χ4n) is 4.98. The SMILES string of the molecule is Cc1ccc2nc(N3C(=O)C(=O)C(=C(O)c4ccc5c(c4)OCCO5)C3c3ccc(C(C)(C)C)cc3)sc2c1. The summed E-state index contributed by atoms with van der Waals surface area (Å²) in [6, 6.07) is 17.9. The Kier molecular flexibility index (Phi) is 5.95. The number of aliphatic hydroxyl groups excluding tert-OH is 1. The van der Waals surface area contributed by atoms with Gasteiger partial charge in [-0.15, -0.1) is 0 Å². The molecule has 1 N–H and O–H groups in total. The van der Waals surface area contributed by atoms with Crippen molar-refractivity contribution in [3.8, 4) is 11.5 Å². The molecule has 0 spiro atoms. The lowest BCUT2D eigenvalue weighted by molar-refractivity contribution is -0.132. The molecule has 3 heterocycles. The zero-order chi connectivity index (χ0) is 27.5. The predicted octanol–water partition coefficient (Wildman–Crippen LogP) is 6.30. The van der Waals surface area contributed by atoms with Crippen LogP contribution in [-0.2, 0) is 15.0 Å². The Labute approximate surface area is 230 Å². The normalized spacial score (nSPS) is 18.7. The van der Waals surface area contributed by atoms with Gasteiger partial charge in [-0.1, -0.05) is 62.4 Å². The number of fused-ring (bicyclic) bond motifs is 2. The number of nitrogens with zero attached hydrogens (tertiary/aromatic N) is 2. The quantitative estimate of drug-likeness (QED) is 0.186. The lowest BCUT2D eigenvalue weighted by Gasteiger charge is -2.25. The summed E-state index contributed by atoms with van der Waals surface area (Å²) in [5, 5.41) is 11.9. The molecule has 6 rings (SSSR count). The third-order valence-electron chi connectivity index (χ3n) is 7.09. The Morgan fingerprint density at radius 2 is 1.69 bits per heavy atom. The van der Waals surface area contributed by atoms with Crippen LogP contribution in [0.3, 0.4) is 0 Å². The van der Waals surface area contributed by atoms with Gasteiger partial charge in [0.15, 0.2) is 16.6 Å². The van der Waals surface area contributed by atoms with Crippen molar-refractivity contribution in [1.82, 2.24) is 4.98 Å². The molecule has 1 fully saturated rings. The van der Waals surface area contributed by atoms with Crippen LogP contribution in [0.5, 0.6) is 11.5 Å². The van der Waals surface area contributed by atoms with Crippen LogP contribution in [0.25, 0.3) is 16.0 Å². The number of amides is 1. The molecule has 7 nitrogen and oxygen atoms in total. The zero-order valence-electron chi connectivity index (χ0n) is 22.1. The maximum atomic E-state index is 13.6. The fourth-order valence-corrected chi connectivity index (χ4v) is 6.07. The van der Waals surface area contributed by atoms with E-state index in [0.717, 1.165) is 21.3 Å². The van der Waals surface area contributed by atoms with Crippen LogP contribution < -0.4 is 14.4 Å². The topological polar surface area (TPSA) is 89.0 Å². The Hall–Kier alpha value is -4.17. The monoisotopic (exact) mass is 540 g/mol. The number of ether oxygens (including phenoxy) is 2. The molecule has 4 aromatic rings. The van der Waals surface area contributed by atoms with E-state index in [4.69, 9.17) is 14.5 Å². The molecule has 1 atom stereocenters. The van der Waals surface area contributed by atoms with Gasteiger partial charge in [-0.3, -0.25) is 14.5 Å². The predicted molar refractivity (Wildman–Crippen MR) is 152 cm³/mol. The van der Waals surface area contributed by atoms with Gasteiger partial charge in [0.25, 0.3) is 5.78 Å². The first-order chi connectivity index (χ1) is 18.6. The molecular weight excluding hydrogens is 512 g/mol. The summed E-state index contributed by atoms with van der Waals surface area (Å²) in [6.07, 6.45) is 0. The maximum Gasteiger partial charge on any atom is 0.301 e. The average molecular weight is 541 g/mol. The molecule has 0 radical (unpaired) electrons. The van der Waals surface area contributed by atoms with Crippen molar-refractivity contribution < 1.29 is 24.2 Å². The van der Waals surface area contributed by atoms with E-state index in [0.29, 0.717) is 41.0 Å². The van der Waals surface area contributed by atoms with E-state index < -0.39 is 17.7 Å². The van der Waals surface area contributed by atoms with Crippen LogP contribution >= 0.6 is 11.3 Å². The summed E-state index contributed by atoms with van der Waals surface area (Å²) in [5.74, 6) is -0.711. The Morgan fingerprint density at radius 1 is 0.974 bits per heavy atom. The molecule has 3 aromatic carbocycles. The lowest BCUT2D eigenvalue weighted by atomic mass is 9.85. The molecular formula is C31H28N2O5S. The van der Waals surface area contributed by atoms with Gasteiger partial charge < -0.3 is 14.6 Å². The highest BCUT2D eigenvalue weighted by atomic mass is 32.1. The highest BCUT2D eigenvalue weighted by Crippen LogP contribution is 2.45. The van der Waals surface area contributed by atoms with Crippen molar-refractivity contribution in [2.45, 2.75) is 39.2 Å². The van der Waals surface area contributed by atoms with E-state index in [1.165, 1.54) is 16.2 Å². The fraction of sp³-hybridized carbons (Fsp3) is 0.258. The Bertz CT molecular complexity index is 1660. The second-order valence-electron chi connectivity index (χ2n) is 10.9. The van der Waals surface area contributed by atoms with Gasteiger partial charge in [0.2, 0.25) is 0 Å². The number of aromatic nitrogens is 1. The zero-order valence-corrected chi connectivity index (χ0v) is 23.0. The lowest BCUT2D eigenvalue weighted by Crippen LogP contribution is -2.29. The van der Waals surface area contributed by atoms with Crippen molar-refractivity contribution in [2.75, 3.05) is 18.1 Å². The largest absolute Gasteiger partial charge is 0.507 e. The smallest absolute Gasteiger partial charge is 0.301 e. The molecule has 39 heavy (non-hydrogen) atoms. The number of benzene rings is 3. The van der Waals surface area contributed by atoms with Gasteiger partial charge in [0, 0.05) is 5.56 Å². The minimum Gasteiger partial charge on any atom is -0.507 e. The Balaban J connectivity index is 1.53. The maximum absolute atomic E-state index is 13.6. The third kappa shape index (κ3) is 4.34.